The fraction of sp³-hybridized carbons (Fsp3) is 0.667. The molecule has 1 aliphatic rings. The molecule has 9 heavy (non-hydrogen) atoms. The summed E-state index contributed by atoms with van der Waals surface area (Å²) in [5, 5.41) is 2.38. The van der Waals surface area contributed by atoms with Crippen molar-refractivity contribution in [2.75, 3.05) is 6.54 Å². The molecule has 1 radical (unpaired) electrons. The molecule has 2 N–H and O–H groups in total. The number of nitrogens with one attached hydrogen (secondary N) is 1. The zero-order valence-electron chi connectivity index (χ0n) is 4.44. The second kappa shape index (κ2) is 2.22. The molecule has 0 aromatic rings. The lowest BCUT2D eigenvalue weighted by molar-refractivity contribution is 0.193. The smallest absolute Gasteiger partial charge is 0.306 e. The van der Waals surface area contributed by atoms with Gasteiger partial charge < -0.3 is 4.74 Å². The van der Waals surface area contributed by atoms with E-state index in [0.29, 0.717) is 6.54 Å². The van der Waals surface area contributed by atoms with Gasteiger partial charge in [-0.15, -0.1) is 0 Å². The van der Waals surface area contributed by atoms with Gasteiger partial charge in [0.25, 0.3) is 0 Å². The van der Waals surface area contributed by atoms with Gasteiger partial charge in [0.05, 0.1) is 0 Å². The van der Waals surface area contributed by atoms with Crippen LogP contribution in [0.15, 0.2) is 0 Å². The highest BCUT2D eigenvalue weighted by atomic mass is 32.2. The van der Waals surface area contributed by atoms with E-state index in [1.54, 1.807) is 0 Å². The molecule has 1 heterocycles. The van der Waals surface area contributed by atoms with Crippen molar-refractivity contribution in [3.05, 3.63) is 6.61 Å². The van der Waals surface area contributed by atoms with E-state index < -0.39 is 15.7 Å². The van der Waals surface area contributed by atoms with E-state index in [0.717, 1.165) is 0 Å². The molecule has 0 spiro atoms. The number of hydrogen-bond acceptors (Lipinski definition) is 4. The lowest BCUT2D eigenvalue weighted by Gasteiger charge is -2.02. The molecule has 0 bridgehead atoms. The van der Waals surface area contributed by atoms with Crippen molar-refractivity contribution in [2.24, 2.45) is 0 Å². The van der Waals surface area contributed by atoms with Crippen LogP contribution >= 0.6 is 0 Å². The molecule has 1 atom stereocenters. The Morgan fingerprint density at radius 2 is 2.44 bits per heavy atom. The standard InChI is InChI=1S/C3H6NO4S/c5-9(6,7)3-4-1-2-8-3/h2-4H,1H2,(H,5,6,7). The molecule has 1 saturated heterocycles. The lowest BCUT2D eigenvalue weighted by atomic mass is 10.7. The van der Waals surface area contributed by atoms with Gasteiger partial charge in [0.15, 0.2) is 0 Å². The molecule has 0 aliphatic carbocycles. The van der Waals surface area contributed by atoms with Crippen molar-refractivity contribution in [3.8, 4) is 0 Å². The third kappa shape index (κ3) is 1.62. The zero-order chi connectivity index (χ0) is 6.91. The Kier molecular flexibility index (Phi) is 1.71. The summed E-state index contributed by atoms with van der Waals surface area (Å²) in [6, 6.07) is 0. The first kappa shape index (κ1) is 6.94. The topological polar surface area (TPSA) is 75.6 Å². The Morgan fingerprint density at radius 1 is 1.78 bits per heavy atom. The summed E-state index contributed by atoms with van der Waals surface area (Å²) in [5.74, 6) is 0. The minimum absolute atomic E-state index is 0.338. The Hall–Kier alpha value is -0.170. The average Bonchev–Trinajstić information content (AvgIpc) is 2.08. The maximum atomic E-state index is 10.2. The van der Waals surface area contributed by atoms with Crippen molar-refractivity contribution >= 4 is 10.1 Å². The monoisotopic (exact) mass is 152 g/mol. The van der Waals surface area contributed by atoms with Gasteiger partial charge in [0.1, 0.15) is 6.61 Å². The Balaban J connectivity index is 2.63. The van der Waals surface area contributed by atoms with Crippen LogP contribution in [0, 0.1) is 6.61 Å². The number of rotatable bonds is 1. The Morgan fingerprint density at radius 3 is 2.67 bits per heavy atom. The van der Waals surface area contributed by atoms with Gasteiger partial charge in [-0.2, -0.15) is 8.42 Å². The fourth-order valence-corrected chi connectivity index (χ4v) is 1.03. The summed E-state index contributed by atoms with van der Waals surface area (Å²) < 4.78 is 33.1. The van der Waals surface area contributed by atoms with E-state index in [4.69, 9.17) is 4.55 Å². The summed E-state index contributed by atoms with van der Waals surface area (Å²) in [7, 11) is -4.07. The normalized spacial score (nSPS) is 28.8. The van der Waals surface area contributed by atoms with Crippen LogP contribution in [0.4, 0.5) is 0 Å². The number of hydrogen-bond donors (Lipinski definition) is 2. The molecule has 6 heteroatoms. The summed E-state index contributed by atoms with van der Waals surface area (Å²) in [4.78, 5) is 0. The van der Waals surface area contributed by atoms with Gasteiger partial charge in [-0.1, -0.05) is 0 Å². The molecular formula is C3H6NO4S. The van der Waals surface area contributed by atoms with E-state index >= 15 is 0 Å². The minimum Gasteiger partial charge on any atom is -0.340 e. The maximum absolute atomic E-state index is 10.2. The Labute approximate surface area is 52.8 Å². The molecule has 1 unspecified atom stereocenters. The third-order valence-electron chi connectivity index (χ3n) is 0.858. The first-order valence-corrected chi connectivity index (χ1v) is 3.78. The van der Waals surface area contributed by atoms with Crippen LogP contribution in [0.5, 0.6) is 0 Å². The Bertz CT molecular complexity index is 180. The second-order valence-corrected chi connectivity index (χ2v) is 3.02. The van der Waals surface area contributed by atoms with Crippen LogP contribution in [0.2, 0.25) is 0 Å². The second-order valence-electron chi connectivity index (χ2n) is 1.56. The van der Waals surface area contributed by atoms with Crippen molar-refractivity contribution in [2.45, 2.75) is 5.56 Å². The van der Waals surface area contributed by atoms with E-state index in [1.807, 2.05) is 0 Å². The van der Waals surface area contributed by atoms with E-state index in [9.17, 15) is 8.42 Å². The van der Waals surface area contributed by atoms with Crippen LogP contribution in [-0.4, -0.2) is 25.1 Å². The molecule has 1 rings (SSSR count). The predicted molar refractivity (Wildman–Crippen MR) is 28.7 cm³/mol. The van der Waals surface area contributed by atoms with Crippen molar-refractivity contribution in [1.82, 2.24) is 5.32 Å². The average molecular weight is 152 g/mol. The summed E-state index contributed by atoms with van der Waals surface area (Å²) in [6.07, 6.45) is 0. The fourth-order valence-electron chi connectivity index (χ4n) is 0.503. The third-order valence-corrected chi connectivity index (χ3v) is 1.68. The van der Waals surface area contributed by atoms with Gasteiger partial charge >= 0.3 is 10.1 Å². The number of ether oxygens (including phenoxy) is 1. The molecule has 1 fully saturated rings. The molecule has 0 saturated carbocycles. The summed E-state index contributed by atoms with van der Waals surface area (Å²) in [6.45, 7) is 1.61. The van der Waals surface area contributed by atoms with Gasteiger partial charge in [-0.25, -0.2) is 0 Å². The molecular weight excluding hydrogens is 146 g/mol. The van der Waals surface area contributed by atoms with Crippen LogP contribution in [0.3, 0.4) is 0 Å². The van der Waals surface area contributed by atoms with Crippen LogP contribution in [0.1, 0.15) is 0 Å². The van der Waals surface area contributed by atoms with Crippen molar-refractivity contribution in [3.63, 3.8) is 0 Å². The first-order chi connectivity index (χ1) is 4.11. The highest BCUT2D eigenvalue weighted by Crippen LogP contribution is 2.04. The lowest BCUT2D eigenvalue weighted by Crippen LogP contribution is -2.31. The first-order valence-electron chi connectivity index (χ1n) is 2.27. The van der Waals surface area contributed by atoms with Crippen molar-refractivity contribution in [1.29, 1.82) is 0 Å². The SMILES string of the molecule is O=S(=O)(O)C1NC[CH]O1. The quantitative estimate of drug-likeness (QED) is 0.468. The van der Waals surface area contributed by atoms with Gasteiger partial charge in [-0.05, 0) is 0 Å². The van der Waals surface area contributed by atoms with Crippen molar-refractivity contribution < 1.29 is 17.7 Å². The molecule has 0 aromatic heterocycles. The highest BCUT2D eigenvalue weighted by Gasteiger charge is 2.26. The largest absolute Gasteiger partial charge is 0.340 e. The molecule has 5 nitrogen and oxygen atoms in total. The van der Waals surface area contributed by atoms with Crippen LogP contribution < -0.4 is 5.32 Å². The zero-order valence-corrected chi connectivity index (χ0v) is 5.26. The van der Waals surface area contributed by atoms with Crippen LogP contribution in [-0.2, 0) is 14.9 Å². The van der Waals surface area contributed by atoms with Gasteiger partial charge in [-0.3, -0.25) is 9.87 Å². The van der Waals surface area contributed by atoms with Gasteiger partial charge in [0.2, 0.25) is 5.56 Å². The molecule has 1 aliphatic heterocycles. The predicted octanol–water partition coefficient (Wildman–Crippen LogP) is -1.06. The molecule has 0 amide bonds. The summed E-state index contributed by atoms with van der Waals surface area (Å²) >= 11 is 0. The van der Waals surface area contributed by atoms with Crippen LogP contribution in [0.25, 0.3) is 0 Å². The maximum Gasteiger partial charge on any atom is 0.306 e. The summed E-state index contributed by atoms with van der Waals surface area (Å²) in [5.41, 5.74) is -1.27. The molecule has 53 valence electrons. The molecule has 0 aromatic carbocycles. The van der Waals surface area contributed by atoms with E-state index in [-0.39, 0.29) is 0 Å². The minimum atomic E-state index is -4.07. The van der Waals surface area contributed by atoms with Gasteiger partial charge in [0, 0.05) is 6.54 Å². The van der Waals surface area contributed by atoms with E-state index in [2.05, 4.69) is 10.1 Å². The van der Waals surface area contributed by atoms with E-state index in [1.165, 1.54) is 6.61 Å². The highest BCUT2D eigenvalue weighted by molar-refractivity contribution is 7.86.